The first-order chi connectivity index (χ1) is 6.16. The SMILES string of the molecule is CC(O)CCN(C)CCCCCS. The molecule has 0 aliphatic heterocycles. The van der Waals surface area contributed by atoms with Crippen LogP contribution in [-0.4, -0.2) is 42.0 Å². The van der Waals surface area contributed by atoms with Crippen LogP contribution in [0, 0.1) is 0 Å². The van der Waals surface area contributed by atoms with Crippen molar-refractivity contribution in [2.45, 2.75) is 38.7 Å². The molecule has 0 fully saturated rings. The lowest BCUT2D eigenvalue weighted by atomic mass is 10.2. The van der Waals surface area contributed by atoms with Gasteiger partial charge < -0.3 is 10.0 Å². The van der Waals surface area contributed by atoms with Crippen LogP contribution in [0.5, 0.6) is 0 Å². The second kappa shape index (κ2) is 8.85. The van der Waals surface area contributed by atoms with Crippen LogP contribution < -0.4 is 0 Å². The van der Waals surface area contributed by atoms with Crippen molar-refractivity contribution in [1.29, 1.82) is 0 Å². The molecular formula is C10H23NOS. The van der Waals surface area contributed by atoms with E-state index in [0.29, 0.717) is 0 Å². The fourth-order valence-corrected chi connectivity index (χ4v) is 1.41. The lowest BCUT2D eigenvalue weighted by Crippen LogP contribution is -2.23. The molecule has 0 spiro atoms. The van der Waals surface area contributed by atoms with Gasteiger partial charge in [-0.25, -0.2) is 0 Å². The molecule has 1 N–H and O–H groups in total. The highest BCUT2D eigenvalue weighted by molar-refractivity contribution is 7.80. The first kappa shape index (κ1) is 13.3. The van der Waals surface area contributed by atoms with Crippen molar-refractivity contribution in [1.82, 2.24) is 4.90 Å². The lowest BCUT2D eigenvalue weighted by Gasteiger charge is -2.16. The van der Waals surface area contributed by atoms with Gasteiger partial charge in [-0.05, 0) is 45.5 Å². The molecule has 0 aromatic carbocycles. The molecule has 2 nitrogen and oxygen atoms in total. The van der Waals surface area contributed by atoms with E-state index in [1.54, 1.807) is 0 Å². The quantitative estimate of drug-likeness (QED) is 0.466. The second-order valence-corrected chi connectivity index (χ2v) is 4.17. The molecule has 0 aliphatic rings. The van der Waals surface area contributed by atoms with Gasteiger partial charge in [-0.1, -0.05) is 6.42 Å². The molecule has 13 heavy (non-hydrogen) atoms. The summed E-state index contributed by atoms with van der Waals surface area (Å²) in [5, 5.41) is 9.07. The van der Waals surface area contributed by atoms with Crippen LogP contribution in [0.1, 0.15) is 32.6 Å². The number of aliphatic hydroxyl groups is 1. The first-order valence-corrected chi connectivity index (χ1v) is 5.77. The molecule has 3 heteroatoms. The van der Waals surface area contributed by atoms with Crippen molar-refractivity contribution < 1.29 is 5.11 Å². The van der Waals surface area contributed by atoms with Gasteiger partial charge in [-0.15, -0.1) is 0 Å². The molecule has 0 radical (unpaired) electrons. The summed E-state index contributed by atoms with van der Waals surface area (Å²) >= 11 is 4.17. The normalized spacial score (nSPS) is 13.6. The Morgan fingerprint density at radius 2 is 1.92 bits per heavy atom. The van der Waals surface area contributed by atoms with E-state index in [-0.39, 0.29) is 6.10 Å². The molecule has 0 aromatic rings. The smallest absolute Gasteiger partial charge is 0.0524 e. The zero-order chi connectivity index (χ0) is 10.1. The van der Waals surface area contributed by atoms with Crippen LogP contribution in [0.2, 0.25) is 0 Å². The van der Waals surface area contributed by atoms with Crippen LogP contribution in [0.3, 0.4) is 0 Å². The monoisotopic (exact) mass is 205 g/mol. The Kier molecular flexibility index (Phi) is 9.03. The van der Waals surface area contributed by atoms with Gasteiger partial charge in [0.1, 0.15) is 0 Å². The van der Waals surface area contributed by atoms with E-state index < -0.39 is 0 Å². The molecule has 0 rings (SSSR count). The maximum Gasteiger partial charge on any atom is 0.0524 e. The minimum atomic E-state index is -0.167. The van der Waals surface area contributed by atoms with Crippen molar-refractivity contribution in [2.75, 3.05) is 25.9 Å². The Bertz CT molecular complexity index is 109. The topological polar surface area (TPSA) is 23.5 Å². The van der Waals surface area contributed by atoms with Crippen LogP contribution in [0.25, 0.3) is 0 Å². The number of unbranched alkanes of at least 4 members (excludes halogenated alkanes) is 2. The largest absolute Gasteiger partial charge is 0.393 e. The highest BCUT2D eigenvalue weighted by Gasteiger charge is 2.00. The molecule has 0 saturated heterocycles. The molecule has 0 heterocycles. The van der Waals surface area contributed by atoms with E-state index in [2.05, 4.69) is 24.6 Å². The Morgan fingerprint density at radius 1 is 1.23 bits per heavy atom. The van der Waals surface area contributed by atoms with Gasteiger partial charge in [0, 0.05) is 6.54 Å². The molecule has 1 unspecified atom stereocenters. The molecule has 1 atom stereocenters. The highest BCUT2D eigenvalue weighted by Crippen LogP contribution is 2.00. The number of hydrogen-bond donors (Lipinski definition) is 2. The summed E-state index contributed by atoms with van der Waals surface area (Å²) in [7, 11) is 2.11. The standard InChI is InChI=1S/C10H23NOS/c1-10(12)6-8-11(2)7-4-3-5-9-13/h10,12-13H,3-9H2,1-2H3. The van der Waals surface area contributed by atoms with Crippen LogP contribution >= 0.6 is 12.6 Å². The zero-order valence-electron chi connectivity index (χ0n) is 8.87. The Morgan fingerprint density at radius 3 is 2.46 bits per heavy atom. The van der Waals surface area contributed by atoms with Crippen LogP contribution in [0.4, 0.5) is 0 Å². The van der Waals surface area contributed by atoms with Gasteiger partial charge in [-0.3, -0.25) is 0 Å². The summed E-state index contributed by atoms with van der Waals surface area (Å²) in [6.07, 6.45) is 4.44. The summed E-state index contributed by atoms with van der Waals surface area (Å²) in [6, 6.07) is 0. The van der Waals surface area contributed by atoms with Crippen molar-refractivity contribution in [3.05, 3.63) is 0 Å². The molecular weight excluding hydrogens is 182 g/mol. The molecule has 0 saturated carbocycles. The first-order valence-electron chi connectivity index (χ1n) is 5.14. The molecule has 0 aromatic heterocycles. The molecule has 0 aliphatic carbocycles. The summed E-state index contributed by atoms with van der Waals surface area (Å²) in [5.74, 6) is 0.997. The Balaban J connectivity index is 3.15. The minimum absolute atomic E-state index is 0.167. The number of aliphatic hydroxyl groups excluding tert-OH is 1. The minimum Gasteiger partial charge on any atom is -0.393 e. The third-order valence-electron chi connectivity index (χ3n) is 2.13. The van der Waals surface area contributed by atoms with Crippen molar-refractivity contribution in [2.24, 2.45) is 0 Å². The summed E-state index contributed by atoms with van der Waals surface area (Å²) in [5.41, 5.74) is 0. The predicted octanol–water partition coefficient (Wildman–Crippen LogP) is 1.79. The van der Waals surface area contributed by atoms with Crippen LogP contribution in [0.15, 0.2) is 0 Å². The molecule has 80 valence electrons. The summed E-state index contributed by atoms with van der Waals surface area (Å²) in [4.78, 5) is 2.28. The summed E-state index contributed by atoms with van der Waals surface area (Å²) in [6.45, 7) is 3.98. The number of rotatable bonds is 8. The fourth-order valence-electron chi connectivity index (χ4n) is 1.19. The van der Waals surface area contributed by atoms with E-state index >= 15 is 0 Å². The summed E-state index contributed by atoms with van der Waals surface area (Å²) < 4.78 is 0. The van der Waals surface area contributed by atoms with E-state index in [1.165, 1.54) is 19.3 Å². The molecule has 0 amide bonds. The van der Waals surface area contributed by atoms with Gasteiger partial charge in [0.25, 0.3) is 0 Å². The maximum atomic E-state index is 9.07. The number of hydrogen-bond acceptors (Lipinski definition) is 3. The van der Waals surface area contributed by atoms with Crippen LogP contribution in [-0.2, 0) is 0 Å². The highest BCUT2D eigenvalue weighted by atomic mass is 32.1. The van der Waals surface area contributed by atoms with Crippen molar-refractivity contribution in [3.63, 3.8) is 0 Å². The van der Waals surface area contributed by atoms with Gasteiger partial charge in [-0.2, -0.15) is 12.6 Å². The van der Waals surface area contributed by atoms with E-state index in [9.17, 15) is 0 Å². The van der Waals surface area contributed by atoms with Gasteiger partial charge in [0.15, 0.2) is 0 Å². The Hall–Kier alpha value is 0.270. The molecule has 0 bridgehead atoms. The van der Waals surface area contributed by atoms with Crippen molar-refractivity contribution in [3.8, 4) is 0 Å². The average Bonchev–Trinajstić information content (AvgIpc) is 2.09. The average molecular weight is 205 g/mol. The predicted molar refractivity (Wildman–Crippen MR) is 61.5 cm³/mol. The Labute approximate surface area is 87.7 Å². The van der Waals surface area contributed by atoms with Crippen molar-refractivity contribution >= 4 is 12.6 Å². The van der Waals surface area contributed by atoms with Gasteiger partial charge >= 0.3 is 0 Å². The van der Waals surface area contributed by atoms with E-state index in [0.717, 1.165) is 25.3 Å². The second-order valence-electron chi connectivity index (χ2n) is 3.73. The van der Waals surface area contributed by atoms with E-state index in [1.807, 2.05) is 6.92 Å². The van der Waals surface area contributed by atoms with Gasteiger partial charge in [0.05, 0.1) is 6.10 Å². The number of nitrogens with zero attached hydrogens (tertiary/aromatic N) is 1. The number of thiol groups is 1. The zero-order valence-corrected chi connectivity index (χ0v) is 9.76. The maximum absolute atomic E-state index is 9.07. The van der Waals surface area contributed by atoms with Gasteiger partial charge in [0.2, 0.25) is 0 Å². The third kappa shape index (κ3) is 10.2. The fraction of sp³-hybridized carbons (Fsp3) is 1.00. The van der Waals surface area contributed by atoms with E-state index in [4.69, 9.17) is 5.11 Å². The third-order valence-corrected chi connectivity index (χ3v) is 2.44. The lowest BCUT2D eigenvalue weighted by molar-refractivity contribution is 0.164.